The summed E-state index contributed by atoms with van der Waals surface area (Å²) in [5.74, 6) is 1.55. The van der Waals surface area contributed by atoms with Crippen molar-refractivity contribution in [1.29, 1.82) is 0 Å². The van der Waals surface area contributed by atoms with Gasteiger partial charge in [-0.25, -0.2) is 4.98 Å². The van der Waals surface area contributed by atoms with Crippen LogP contribution in [0.1, 0.15) is 36.5 Å². The highest BCUT2D eigenvalue weighted by Gasteiger charge is 2.41. The second-order valence-corrected chi connectivity index (χ2v) is 9.87. The van der Waals surface area contributed by atoms with Gasteiger partial charge in [0.15, 0.2) is 11.5 Å². The molecule has 5 nitrogen and oxygen atoms in total. The first-order valence-electron chi connectivity index (χ1n) is 12.2. The molecule has 2 heterocycles. The number of imidazole rings is 1. The first kappa shape index (κ1) is 24.7. The predicted octanol–water partition coefficient (Wildman–Crippen LogP) is 7.16. The highest BCUT2D eigenvalue weighted by molar-refractivity contribution is 6.42. The summed E-state index contributed by atoms with van der Waals surface area (Å²) in [6.45, 7) is 4.02. The summed E-state index contributed by atoms with van der Waals surface area (Å²) in [6, 6.07) is 22.8. The van der Waals surface area contributed by atoms with E-state index in [1.165, 1.54) is 5.56 Å². The van der Waals surface area contributed by atoms with E-state index in [0.29, 0.717) is 23.1 Å². The summed E-state index contributed by atoms with van der Waals surface area (Å²) >= 11 is 13.0. The van der Waals surface area contributed by atoms with Gasteiger partial charge in [-0.05, 0) is 53.8 Å². The molecule has 0 saturated carbocycles. The van der Waals surface area contributed by atoms with E-state index in [0.717, 1.165) is 42.0 Å². The number of unbranched alkanes of at least 4 members (excludes halogenated alkanes) is 1. The smallest absolute Gasteiger partial charge is 0.231 e. The third-order valence-electron chi connectivity index (χ3n) is 6.76. The number of ether oxygens (including phenoxy) is 2. The highest BCUT2D eigenvalue weighted by atomic mass is 35.5. The van der Waals surface area contributed by atoms with Gasteiger partial charge in [0.25, 0.3) is 0 Å². The number of hydrogen-bond acceptors (Lipinski definition) is 4. The minimum absolute atomic E-state index is 0.249. The Kier molecular flexibility index (Phi) is 7.51. The number of rotatable bonds is 10. The van der Waals surface area contributed by atoms with Crippen LogP contribution < -0.4 is 9.47 Å². The molecule has 0 amide bonds. The Balaban J connectivity index is 1.72. The van der Waals surface area contributed by atoms with Gasteiger partial charge in [-0.1, -0.05) is 79.0 Å². The SMILES string of the molecule is CCCCN(Cn1ccnc1)C(Cc1ccc2c(c1)OCO2)(c1ccccc1)c1ccc(Cl)c(Cl)c1. The van der Waals surface area contributed by atoms with Crippen LogP contribution in [0.25, 0.3) is 0 Å². The lowest BCUT2D eigenvalue weighted by Gasteiger charge is -2.46. The van der Waals surface area contributed by atoms with Gasteiger partial charge in [0.2, 0.25) is 6.79 Å². The molecule has 0 saturated heterocycles. The molecule has 1 atom stereocenters. The van der Waals surface area contributed by atoms with Crippen LogP contribution in [-0.2, 0) is 18.6 Å². The molecule has 186 valence electrons. The molecule has 36 heavy (non-hydrogen) atoms. The molecule has 0 N–H and O–H groups in total. The highest BCUT2D eigenvalue weighted by Crippen LogP contribution is 2.43. The third-order valence-corrected chi connectivity index (χ3v) is 7.50. The fraction of sp³-hybridized carbons (Fsp3) is 0.276. The van der Waals surface area contributed by atoms with Gasteiger partial charge in [-0.3, -0.25) is 4.90 Å². The lowest BCUT2D eigenvalue weighted by Crippen LogP contribution is -2.50. The first-order chi connectivity index (χ1) is 17.6. The molecule has 5 rings (SSSR count). The number of benzene rings is 3. The fourth-order valence-electron chi connectivity index (χ4n) is 4.96. The third kappa shape index (κ3) is 4.96. The van der Waals surface area contributed by atoms with Gasteiger partial charge < -0.3 is 14.0 Å². The first-order valence-corrected chi connectivity index (χ1v) is 13.0. The van der Waals surface area contributed by atoms with Crippen molar-refractivity contribution in [2.24, 2.45) is 0 Å². The second kappa shape index (κ2) is 11.0. The van der Waals surface area contributed by atoms with E-state index in [9.17, 15) is 0 Å². The Morgan fingerprint density at radius 1 is 0.944 bits per heavy atom. The summed E-state index contributed by atoms with van der Waals surface area (Å²) in [7, 11) is 0. The van der Waals surface area contributed by atoms with Crippen molar-refractivity contribution in [2.45, 2.75) is 38.4 Å². The molecule has 3 aromatic carbocycles. The second-order valence-electron chi connectivity index (χ2n) is 9.05. The molecule has 0 spiro atoms. The zero-order valence-electron chi connectivity index (χ0n) is 20.2. The summed E-state index contributed by atoms with van der Waals surface area (Å²) in [6.07, 6.45) is 8.51. The zero-order valence-corrected chi connectivity index (χ0v) is 21.8. The van der Waals surface area contributed by atoms with Crippen molar-refractivity contribution in [3.05, 3.63) is 112 Å². The van der Waals surface area contributed by atoms with Crippen LogP contribution in [0.5, 0.6) is 11.5 Å². The van der Waals surface area contributed by atoms with Gasteiger partial charge in [0.05, 0.1) is 28.6 Å². The Bertz CT molecular complexity index is 1300. The summed E-state index contributed by atoms with van der Waals surface area (Å²) in [4.78, 5) is 6.82. The average Bonchev–Trinajstić information content (AvgIpc) is 3.59. The Hall–Kier alpha value is -2.99. The minimum atomic E-state index is -0.539. The van der Waals surface area contributed by atoms with Crippen molar-refractivity contribution in [1.82, 2.24) is 14.5 Å². The molecule has 1 aliphatic heterocycles. The quantitative estimate of drug-likeness (QED) is 0.222. The van der Waals surface area contributed by atoms with Crippen molar-refractivity contribution in [3.8, 4) is 11.5 Å². The maximum absolute atomic E-state index is 6.64. The molecule has 0 aliphatic carbocycles. The molecule has 0 fully saturated rings. The van der Waals surface area contributed by atoms with E-state index in [4.69, 9.17) is 32.7 Å². The van der Waals surface area contributed by atoms with Crippen molar-refractivity contribution in [3.63, 3.8) is 0 Å². The van der Waals surface area contributed by atoms with Gasteiger partial charge in [0, 0.05) is 18.9 Å². The van der Waals surface area contributed by atoms with Crippen LogP contribution in [0.3, 0.4) is 0 Å². The van der Waals surface area contributed by atoms with E-state index >= 15 is 0 Å². The largest absolute Gasteiger partial charge is 0.454 e. The standard InChI is InChI=1S/C29H29Cl2N3O2/c1-2-3-14-34(20-33-15-13-32-19-33)29(23-7-5-4-6-8-23,24-10-11-25(30)26(31)17-24)18-22-9-12-27-28(16-22)36-21-35-27/h4-13,15-17,19H,2-3,14,18,20-21H2,1H3. The van der Waals surface area contributed by atoms with Crippen LogP contribution >= 0.6 is 23.2 Å². The van der Waals surface area contributed by atoms with Crippen LogP contribution in [0.4, 0.5) is 0 Å². The molecule has 1 unspecified atom stereocenters. The van der Waals surface area contributed by atoms with E-state index in [1.807, 2.05) is 36.9 Å². The van der Waals surface area contributed by atoms with Gasteiger partial charge >= 0.3 is 0 Å². The normalized spacial score (nSPS) is 14.2. The van der Waals surface area contributed by atoms with Crippen molar-refractivity contribution >= 4 is 23.2 Å². The van der Waals surface area contributed by atoms with Crippen molar-refractivity contribution in [2.75, 3.05) is 13.3 Å². The number of nitrogens with zero attached hydrogens (tertiary/aromatic N) is 3. The maximum Gasteiger partial charge on any atom is 0.231 e. The van der Waals surface area contributed by atoms with E-state index in [-0.39, 0.29) is 6.79 Å². The molecular formula is C29H29Cl2N3O2. The molecular weight excluding hydrogens is 493 g/mol. The lowest BCUT2D eigenvalue weighted by molar-refractivity contribution is 0.0814. The van der Waals surface area contributed by atoms with Crippen LogP contribution in [0.15, 0.2) is 85.5 Å². The number of fused-ring (bicyclic) bond motifs is 1. The molecule has 1 aliphatic rings. The lowest BCUT2D eigenvalue weighted by atomic mass is 9.76. The molecule has 7 heteroatoms. The number of halogens is 2. The Labute approximate surface area is 222 Å². The molecule has 0 radical (unpaired) electrons. The summed E-state index contributed by atoms with van der Waals surface area (Å²) in [5.41, 5.74) is 2.86. The molecule has 1 aromatic heterocycles. The van der Waals surface area contributed by atoms with E-state index < -0.39 is 5.54 Å². The number of hydrogen-bond donors (Lipinski definition) is 0. The van der Waals surface area contributed by atoms with E-state index in [1.54, 1.807) is 0 Å². The minimum Gasteiger partial charge on any atom is -0.454 e. The summed E-state index contributed by atoms with van der Waals surface area (Å²) < 4.78 is 13.4. The number of aromatic nitrogens is 2. The fourth-order valence-corrected chi connectivity index (χ4v) is 5.26. The van der Waals surface area contributed by atoms with Crippen molar-refractivity contribution < 1.29 is 9.47 Å². The van der Waals surface area contributed by atoms with E-state index in [2.05, 4.69) is 69.9 Å². The van der Waals surface area contributed by atoms with Gasteiger partial charge in [0.1, 0.15) is 0 Å². The monoisotopic (exact) mass is 521 g/mol. The average molecular weight is 522 g/mol. The molecule has 4 aromatic rings. The zero-order chi connectivity index (χ0) is 25.0. The predicted molar refractivity (Wildman–Crippen MR) is 144 cm³/mol. The topological polar surface area (TPSA) is 39.5 Å². The van der Waals surface area contributed by atoms with Gasteiger partial charge in [-0.2, -0.15) is 0 Å². The van der Waals surface area contributed by atoms with Gasteiger partial charge in [-0.15, -0.1) is 0 Å². The maximum atomic E-state index is 6.64. The van der Waals surface area contributed by atoms with Crippen LogP contribution in [-0.4, -0.2) is 27.8 Å². The Morgan fingerprint density at radius 3 is 2.53 bits per heavy atom. The summed E-state index contributed by atoms with van der Waals surface area (Å²) in [5, 5.41) is 1.08. The van der Waals surface area contributed by atoms with Crippen LogP contribution in [0, 0.1) is 0 Å². The Morgan fingerprint density at radius 2 is 1.78 bits per heavy atom. The van der Waals surface area contributed by atoms with Crippen LogP contribution in [0.2, 0.25) is 10.0 Å². The molecule has 0 bridgehead atoms.